The Labute approximate surface area is 79.1 Å². The van der Waals surface area contributed by atoms with E-state index in [1.165, 1.54) is 23.1 Å². The van der Waals surface area contributed by atoms with Crippen molar-refractivity contribution in [3.8, 4) is 0 Å². The Morgan fingerprint density at radius 1 is 1.38 bits per heavy atom. The molecule has 70 valence electrons. The lowest BCUT2D eigenvalue weighted by Crippen LogP contribution is -2.35. The first-order valence-electron chi connectivity index (χ1n) is 4.79. The van der Waals surface area contributed by atoms with Gasteiger partial charge in [-0.05, 0) is 43.5 Å². The van der Waals surface area contributed by atoms with E-state index in [-0.39, 0.29) is 0 Å². The van der Waals surface area contributed by atoms with Gasteiger partial charge in [-0.1, -0.05) is 12.1 Å². The first kappa shape index (κ1) is 8.57. The molecule has 1 aromatic rings. The molecule has 13 heavy (non-hydrogen) atoms. The molecule has 0 saturated carbocycles. The van der Waals surface area contributed by atoms with Gasteiger partial charge in [0.15, 0.2) is 0 Å². The molecule has 0 aliphatic carbocycles. The Balaban J connectivity index is 2.41. The summed E-state index contributed by atoms with van der Waals surface area (Å²) in [7, 11) is 0. The summed E-state index contributed by atoms with van der Waals surface area (Å²) < 4.78 is 0. The molecule has 1 atom stereocenters. The maximum atomic E-state index is 6.05. The molecule has 2 nitrogen and oxygen atoms in total. The molecular formula is C11H16N2. The molecule has 0 amide bonds. The second kappa shape index (κ2) is 3.04. The van der Waals surface area contributed by atoms with Crippen molar-refractivity contribution < 1.29 is 0 Å². The largest absolute Gasteiger partial charge is 0.398 e. The minimum absolute atomic E-state index is 0.499. The monoisotopic (exact) mass is 176 g/mol. The lowest BCUT2D eigenvalue weighted by molar-refractivity contribution is 0.384. The average molecular weight is 176 g/mol. The molecule has 1 aromatic carbocycles. The zero-order chi connectivity index (χ0) is 9.42. The summed E-state index contributed by atoms with van der Waals surface area (Å²) in [5.74, 6) is 0. The normalized spacial score (nSPS) is 21.2. The van der Waals surface area contributed by atoms with Crippen molar-refractivity contribution in [1.82, 2.24) is 5.32 Å². The van der Waals surface area contributed by atoms with Gasteiger partial charge in [-0.2, -0.15) is 0 Å². The van der Waals surface area contributed by atoms with Gasteiger partial charge in [0.2, 0.25) is 0 Å². The van der Waals surface area contributed by atoms with Crippen LogP contribution in [0.2, 0.25) is 0 Å². The Hall–Kier alpha value is -1.02. The fourth-order valence-corrected chi connectivity index (χ4v) is 1.72. The first-order chi connectivity index (χ1) is 6.20. The highest BCUT2D eigenvalue weighted by Gasteiger charge is 2.21. The minimum Gasteiger partial charge on any atom is -0.398 e. The van der Waals surface area contributed by atoms with Crippen molar-refractivity contribution in [3.05, 3.63) is 28.8 Å². The summed E-state index contributed by atoms with van der Waals surface area (Å²) in [6.45, 7) is 5.31. The number of benzene rings is 1. The van der Waals surface area contributed by atoms with Gasteiger partial charge in [0, 0.05) is 11.7 Å². The van der Waals surface area contributed by atoms with Crippen LogP contribution in [0, 0.1) is 13.8 Å². The number of nitrogens with two attached hydrogens (primary N) is 1. The second-order valence-electron chi connectivity index (χ2n) is 3.81. The molecule has 0 spiro atoms. The quantitative estimate of drug-likeness (QED) is 0.641. The number of aryl methyl sites for hydroxylation is 1. The SMILES string of the molecule is Cc1ccc([C@H]2CCN2)c(N)c1C. The summed E-state index contributed by atoms with van der Waals surface area (Å²) in [4.78, 5) is 0. The fourth-order valence-electron chi connectivity index (χ4n) is 1.72. The third-order valence-corrected chi connectivity index (χ3v) is 3.02. The smallest absolute Gasteiger partial charge is 0.0394 e. The number of nitrogens with one attached hydrogen (secondary N) is 1. The van der Waals surface area contributed by atoms with Crippen molar-refractivity contribution >= 4 is 5.69 Å². The molecule has 2 heteroatoms. The molecule has 0 unspecified atom stereocenters. The molecule has 1 fully saturated rings. The van der Waals surface area contributed by atoms with E-state index in [0.29, 0.717) is 6.04 Å². The third-order valence-electron chi connectivity index (χ3n) is 3.02. The van der Waals surface area contributed by atoms with Crippen LogP contribution in [-0.4, -0.2) is 6.54 Å². The maximum absolute atomic E-state index is 6.05. The standard InChI is InChI=1S/C11H16N2/c1-7-3-4-9(10-5-6-13-10)11(12)8(7)2/h3-4,10,13H,5-6,12H2,1-2H3/t10-/m1/s1. The number of hydrogen-bond acceptors (Lipinski definition) is 2. The fraction of sp³-hybridized carbons (Fsp3) is 0.455. The predicted molar refractivity (Wildman–Crippen MR) is 55.7 cm³/mol. The number of nitrogen functional groups attached to an aromatic ring is 1. The number of anilines is 1. The predicted octanol–water partition coefficient (Wildman–Crippen LogP) is 1.92. The van der Waals surface area contributed by atoms with Crippen LogP contribution in [0.1, 0.15) is 29.2 Å². The summed E-state index contributed by atoms with van der Waals surface area (Å²) in [5.41, 5.74) is 10.8. The van der Waals surface area contributed by atoms with E-state index in [2.05, 4.69) is 31.3 Å². The molecule has 0 aromatic heterocycles. The van der Waals surface area contributed by atoms with Crippen molar-refractivity contribution in [2.45, 2.75) is 26.3 Å². The van der Waals surface area contributed by atoms with Gasteiger partial charge in [-0.25, -0.2) is 0 Å². The lowest BCUT2D eigenvalue weighted by atomic mass is 9.93. The van der Waals surface area contributed by atoms with Crippen LogP contribution >= 0.6 is 0 Å². The molecule has 1 heterocycles. The zero-order valence-corrected chi connectivity index (χ0v) is 8.22. The van der Waals surface area contributed by atoms with Gasteiger partial charge in [0.25, 0.3) is 0 Å². The van der Waals surface area contributed by atoms with Gasteiger partial charge in [0.1, 0.15) is 0 Å². The number of rotatable bonds is 1. The van der Waals surface area contributed by atoms with Crippen molar-refractivity contribution in [2.24, 2.45) is 0 Å². The van der Waals surface area contributed by atoms with E-state index < -0.39 is 0 Å². The lowest BCUT2D eigenvalue weighted by Gasteiger charge is -2.29. The maximum Gasteiger partial charge on any atom is 0.0394 e. The average Bonchev–Trinajstić information content (AvgIpc) is 2.03. The van der Waals surface area contributed by atoms with Gasteiger partial charge in [-0.3, -0.25) is 0 Å². The van der Waals surface area contributed by atoms with Crippen LogP contribution in [0.25, 0.3) is 0 Å². The van der Waals surface area contributed by atoms with Crippen molar-refractivity contribution in [3.63, 3.8) is 0 Å². The van der Waals surface area contributed by atoms with Crippen LogP contribution < -0.4 is 11.1 Å². The summed E-state index contributed by atoms with van der Waals surface area (Å²) in [5, 5.41) is 3.37. The van der Waals surface area contributed by atoms with Gasteiger partial charge in [0.05, 0.1) is 0 Å². The van der Waals surface area contributed by atoms with E-state index in [1.54, 1.807) is 0 Å². The Morgan fingerprint density at radius 2 is 2.08 bits per heavy atom. The summed E-state index contributed by atoms with van der Waals surface area (Å²) in [6.07, 6.45) is 1.21. The zero-order valence-electron chi connectivity index (χ0n) is 8.22. The number of hydrogen-bond donors (Lipinski definition) is 2. The first-order valence-corrected chi connectivity index (χ1v) is 4.79. The molecule has 0 bridgehead atoms. The van der Waals surface area contributed by atoms with Crippen LogP contribution in [-0.2, 0) is 0 Å². The van der Waals surface area contributed by atoms with Gasteiger partial charge < -0.3 is 11.1 Å². The van der Waals surface area contributed by atoms with Crippen LogP contribution in [0.15, 0.2) is 12.1 Å². The summed E-state index contributed by atoms with van der Waals surface area (Å²) in [6, 6.07) is 4.80. The minimum atomic E-state index is 0.499. The molecule has 1 aliphatic rings. The van der Waals surface area contributed by atoms with Gasteiger partial charge >= 0.3 is 0 Å². The molecule has 0 radical (unpaired) electrons. The molecule has 2 rings (SSSR count). The highest BCUT2D eigenvalue weighted by molar-refractivity contribution is 5.57. The molecule has 1 saturated heterocycles. The molecule has 3 N–H and O–H groups in total. The van der Waals surface area contributed by atoms with Crippen LogP contribution in [0.4, 0.5) is 5.69 Å². The van der Waals surface area contributed by atoms with E-state index in [0.717, 1.165) is 12.2 Å². The van der Waals surface area contributed by atoms with E-state index >= 15 is 0 Å². The van der Waals surface area contributed by atoms with Crippen LogP contribution in [0.3, 0.4) is 0 Å². The van der Waals surface area contributed by atoms with E-state index in [9.17, 15) is 0 Å². The van der Waals surface area contributed by atoms with Crippen molar-refractivity contribution in [2.75, 3.05) is 12.3 Å². The van der Waals surface area contributed by atoms with Gasteiger partial charge in [-0.15, -0.1) is 0 Å². The topological polar surface area (TPSA) is 38.0 Å². The molecule has 1 aliphatic heterocycles. The third kappa shape index (κ3) is 1.31. The molecular weight excluding hydrogens is 160 g/mol. The highest BCUT2D eigenvalue weighted by Crippen LogP contribution is 2.30. The second-order valence-corrected chi connectivity index (χ2v) is 3.81. The Kier molecular flexibility index (Phi) is 2.00. The highest BCUT2D eigenvalue weighted by atomic mass is 15.0. The van der Waals surface area contributed by atoms with E-state index in [4.69, 9.17) is 5.73 Å². The summed E-state index contributed by atoms with van der Waals surface area (Å²) >= 11 is 0. The Bertz CT molecular complexity index is 327. The Morgan fingerprint density at radius 3 is 2.62 bits per heavy atom. The van der Waals surface area contributed by atoms with Crippen LogP contribution in [0.5, 0.6) is 0 Å². The van der Waals surface area contributed by atoms with Crippen molar-refractivity contribution in [1.29, 1.82) is 0 Å². The van der Waals surface area contributed by atoms with E-state index in [1.807, 2.05) is 0 Å².